The van der Waals surface area contributed by atoms with Crippen LogP contribution in [0.2, 0.25) is 0 Å². The Kier molecular flexibility index (Phi) is 3.60. The molecule has 6 heteroatoms. The summed E-state index contributed by atoms with van der Waals surface area (Å²) in [5.41, 5.74) is 5.34. The van der Waals surface area contributed by atoms with Gasteiger partial charge in [-0.05, 0) is 19.9 Å². The van der Waals surface area contributed by atoms with E-state index in [4.69, 9.17) is 5.73 Å². The van der Waals surface area contributed by atoms with E-state index in [1.165, 1.54) is 16.2 Å². The molecule has 5 nitrogen and oxygen atoms in total. The Hall–Kier alpha value is -1.84. The standard InChI is InChI=1S/C13H15N3O2S/c1-13(2)11(17)16(12(18)15-13)7-10-6-9(8-19-10)4-3-5-14/h6,8H,5,7,14H2,1-2H3,(H,15,18). The first kappa shape index (κ1) is 13.6. The van der Waals surface area contributed by atoms with Gasteiger partial charge in [0.05, 0.1) is 13.1 Å². The summed E-state index contributed by atoms with van der Waals surface area (Å²) in [5, 5.41) is 4.54. The van der Waals surface area contributed by atoms with Crippen LogP contribution < -0.4 is 11.1 Å². The normalized spacial score (nSPS) is 17.1. The van der Waals surface area contributed by atoms with E-state index in [2.05, 4.69) is 17.2 Å². The summed E-state index contributed by atoms with van der Waals surface area (Å²) in [4.78, 5) is 25.9. The van der Waals surface area contributed by atoms with Crippen molar-refractivity contribution in [2.75, 3.05) is 6.54 Å². The van der Waals surface area contributed by atoms with Crippen LogP contribution in [0.15, 0.2) is 11.4 Å². The number of imide groups is 1. The number of hydrogen-bond donors (Lipinski definition) is 2. The highest BCUT2D eigenvalue weighted by molar-refractivity contribution is 7.10. The Bertz CT molecular complexity index is 580. The zero-order valence-electron chi connectivity index (χ0n) is 10.8. The van der Waals surface area contributed by atoms with E-state index < -0.39 is 5.54 Å². The molecule has 1 aliphatic rings. The topological polar surface area (TPSA) is 75.4 Å². The zero-order valence-corrected chi connectivity index (χ0v) is 11.6. The van der Waals surface area contributed by atoms with Crippen molar-refractivity contribution in [1.82, 2.24) is 10.2 Å². The molecule has 1 saturated heterocycles. The van der Waals surface area contributed by atoms with Crippen molar-refractivity contribution in [3.8, 4) is 11.8 Å². The molecule has 0 saturated carbocycles. The first-order valence-corrected chi connectivity index (χ1v) is 6.72. The Morgan fingerprint density at radius 1 is 1.47 bits per heavy atom. The summed E-state index contributed by atoms with van der Waals surface area (Å²) in [5.74, 6) is 5.48. The summed E-state index contributed by atoms with van der Waals surface area (Å²) >= 11 is 1.47. The quantitative estimate of drug-likeness (QED) is 0.622. The number of carbonyl (C=O) groups excluding carboxylic acids is 2. The molecule has 100 valence electrons. The maximum atomic E-state index is 12.0. The fourth-order valence-electron chi connectivity index (χ4n) is 1.80. The van der Waals surface area contributed by atoms with Gasteiger partial charge in [0.15, 0.2) is 0 Å². The molecule has 2 rings (SSSR count). The SMILES string of the molecule is CC1(C)NC(=O)N(Cc2cc(C#CCN)cs2)C1=O. The zero-order chi connectivity index (χ0) is 14.0. The van der Waals surface area contributed by atoms with Crippen LogP contribution in [-0.2, 0) is 11.3 Å². The maximum absolute atomic E-state index is 12.0. The molecule has 19 heavy (non-hydrogen) atoms. The molecular formula is C13H15N3O2S. The third-order valence-electron chi connectivity index (χ3n) is 2.75. The number of urea groups is 1. The van der Waals surface area contributed by atoms with Gasteiger partial charge in [-0.2, -0.15) is 0 Å². The van der Waals surface area contributed by atoms with Gasteiger partial charge in [0.2, 0.25) is 0 Å². The number of hydrogen-bond acceptors (Lipinski definition) is 4. The molecule has 2 heterocycles. The Morgan fingerprint density at radius 3 is 2.79 bits per heavy atom. The molecular weight excluding hydrogens is 262 g/mol. The van der Waals surface area contributed by atoms with Crippen LogP contribution >= 0.6 is 11.3 Å². The smallest absolute Gasteiger partial charge is 0.324 e. The van der Waals surface area contributed by atoms with Gasteiger partial charge in [-0.3, -0.25) is 9.69 Å². The van der Waals surface area contributed by atoms with E-state index in [0.717, 1.165) is 10.4 Å². The van der Waals surface area contributed by atoms with Gasteiger partial charge in [0, 0.05) is 15.8 Å². The third-order valence-corrected chi connectivity index (χ3v) is 3.67. The molecule has 0 aromatic carbocycles. The highest BCUT2D eigenvalue weighted by Gasteiger charge is 2.44. The molecule has 0 bridgehead atoms. The number of nitrogens with zero attached hydrogens (tertiary/aromatic N) is 1. The molecule has 0 atom stereocenters. The van der Waals surface area contributed by atoms with E-state index in [9.17, 15) is 9.59 Å². The molecule has 1 aromatic rings. The Balaban J connectivity index is 2.12. The fourth-order valence-corrected chi connectivity index (χ4v) is 2.60. The molecule has 0 unspecified atom stereocenters. The van der Waals surface area contributed by atoms with Crippen LogP contribution in [0.1, 0.15) is 24.3 Å². The van der Waals surface area contributed by atoms with Crippen LogP contribution in [0.5, 0.6) is 0 Å². The average molecular weight is 277 g/mol. The highest BCUT2D eigenvalue weighted by Crippen LogP contribution is 2.22. The van der Waals surface area contributed by atoms with Crippen molar-refractivity contribution < 1.29 is 9.59 Å². The monoisotopic (exact) mass is 277 g/mol. The number of rotatable bonds is 2. The lowest BCUT2D eigenvalue weighted by Gasteiger charge is -2.15. The fraction of sp³-hybridized carbons (Fsp3) is 0.385. The molecule has 1 aliphatic heterocycles. The van der Waals surface area contributed by atoms with Crippen molar-refractivity contribution in [2.45, 2.75) is 25.9 Å². The van der Waals surface area contributed by atoms with Crippen molar-refractivity contribution >= 4 is 23.3 Å². The van der Waals surface area contributed by atoms with Gasteiger partial charge in [0.25, 0.3) is 5.91 Å². The maximum Gasteiger partial charge on any atom is 0.325 e. The second-order valence-electron chi connectivity index (χ2n) is 4.75. The number of thiophene rings is 1. The van der Waals surface area contributed by atoms with Gasteiger partial charge >= 0.3 is 6.03 Å². The van der Waals surface area contributed by atoms with Gasteiger partial charge in [0.1, 0.15) is 5.54 Å². The lowest BCUT2D eigenvalue weighted by molar-refractivity contribution is -0.130. The summed E-state index contributed by atoms with van der Waals surface area (Å²) in [6.45, 7) is 3.98. The van der Waals surface area contributed by atoms with Crippen molar-refractivity contribution in [2.24, 2.45) is 5.73 Å². The second kappa shape index (κ2) is 5.03. The number of nitrogens with two attached hydrogens (primary N) is 1. The van der Waals surface area contributed by atoms with Gasteiger partial charge < -0.3 is 11.1 Å². The summed E-state index contributed by atoms with van der Waals surface area (Å²) in [6.07, 6.45) is 0. The van der Waals surface area contributed by atoms with E-state index in [1.54, 1.807) is 13.8 Å². The predicted molar refractivity (Wildman–Crippen MR) is 73.4 cm³/mol. The Labute approximate surface area is 115 Å². The highest BCUT2D eigenvalue weighted by atomic mass is 32.1. The average Bonchev–Trinajstić information content (AvgIpc) is 2.86. The van der Waals surface area contributed by atoms with Gasteiger partial charge in [-0.25, -0.2) is 4.79 Å². The minimum atomic E-state index is -0.823. The Morgan fingerprint density at radius 2 is 2.21 bits per heavy atom. The van der Waals surface area contributed by atoms with Crippen LogP contribution in [0.4, 0.5) is 4.79 Å². The predicted octanol–water partition coefficient (Wildman–Crippen LogP) is 0.889. The molecule has 1 aromatic heterocycles. The number of amides is 3. The largest absolute Gasteiger partial charge is 0.325 e. The van der Waals surface area contributed by atoms with E-state index in [-0.39, 0.29) is 18.5 Å². The molecule has 0 aliphatic carbocycles. The first-order valence-electron chi connectivity index (χ1n) is 5.84. The van der Waals surface area contributed by atoms with E-state index in [1.807, 2.05) is 11.4 Å². The lowest BCUT2D eigenvalue weighted by Crippen LogP contribution is -2.40. The molecule has 1 fully saturated rings. The molecule has 0 radical (unpaired) electrons. The van der Waals surface area contributed by atoms with Crippen LogP contribution in [0.3, 0.4) is 0 Å². The minimum absolute atomic E-state index is 0.208. The van der Waals surface area contributed by atoms with Crippen molar-refractivity contribution in [3.63, 3.8) is 0 Å². The van der Waals surface area contributed by atoms with Crippen molar-refractivity contribution in [3.05, 3.63) is 21.9 Å². The van der Waals surface area contributed by atoms with E-state index >= 15 is 0 Å². The third kappa shape index (κ3) is 2.78. The van der Waals surface area contributed by atoms with Crippen LogP contribution in [-0.4, -0.2) is 28.9 Å². The van der Waals surface area contributed by atoms with Gasteiger partial charge in [-0.1, -0.05) is 11.8 Å². The minimum Gasteiger partial charge on any atom is -0.324 e. The van der Waals surface area contributed by atoms with Crippen LogP contribution in [0.25, 0.3) is 0 Å². The van der Waals surface area contributed by atoms with Gasteiger partial charge in [-0.15, -0.1) is 11.3 Å². The number of carbonyl (C=O) groups is 2. The second-order valence-corrected chi connectivity index (χ2v) is 5.75. The first-order chi connectivity index (χ1) is 8.94. The lowest BCUT2D eigenvalue weighted by atomic mass is 10.1. The summed E-state index contributed by atoms with van der Waals surface area (Å²) < 4.78 is 0. The van der Waals surface area contributed by atoms with Crippen LogP contribution in [0, 0.1) is 11.8 Å². The van der Waals surface area contributed by atoms with Crippen molar-refractivity contribution in [1.29, 1.82) is 0 Å². The molecule has 3 amide bonds. The summed E-state index contributed by atoms with van der Waals surface area (Å²) in [7, 11) is 0. The molecule has 0 spiro atoms. The van der Waals surface area contributed by atoms with E-state index in [0.29, 0.717) is 6.54 Å². The molecule has 3 N–H and O–H groups in total. The summed E-state index contributed by atoms with van der Waals surface area (Å²) in [6, 6.07) is 1.53. The number of nitrogens with one attached hydrogen (secondary N) is 1.